The van der Waals surface area contributed by atoms with E-state index in [2.05, 4.69) is 19.1 Å². The highest BCUT2D eigenvalue weighted by Crippen LogP contribution is 2.01. The molecule has 0 aliphatic carbocycles. The second kappa shape index (κ2) is 6.77. The molecule has 0 saturated heterocycles. The molecule has 0 fully saturated rings. The molecular formula is C12H18OS. The lowest BCUT2D eigenvalue weighted by atomic mass is 10.2. The van der Waals surface area contributed by atoms with Crippen LogP contribution in [0, 0.1) is 0 Å². The molecule has 1 atom stereocenters. The van der Waals surface area contributed by atoms with Crippen LogP contribution in [-0.4, -0.2) is 15.7 Å². The first-order valence-electron chi connectivity index (χ1n) is 5.22. The number of hydrogen-bond donors (Lipinski definition) is 0. The largest absolute Gasteiger partial charge is 0.260 e. The Balaban J connectivity index is 2.24. The van der Waals surface area contributed by atoms with Crippen molar-refractivity contribution in [3.05, 3.63) is 35.9 Å². The fourth-order valence-electron chi connectivity index (χ4n) is 1.28. The van der Waals surface area contributed by atoms with Crippen LogP contribution in [0.4, 0.5) is 0 Å². The minimum atomic E-state index is -0.620. The van der Waals surface area contributed by atoms with Gasteiger partial charge in [-0.05, 0) is 18.4 Å². The van der Waals surface area contributed by atoms with Crippen LogP contribution in [0.15, 0.2) is 30.3 Å². The predicted octanol–water partition coefficient (Wildman–Crippen LogP) is 2.78. The molecule has 0 bridgehead atoms. The molecule has 2 heteroatoms. The standard InChI is InChI=1S/C12H18OS/c1-2-3-10-14(13)11-9-12-7-5-4-6-8-12/h4-8H,2-3,9-11H2,1H3. The van der Waals surface area contributed by atoms with Crippen LogP contribution < -0.4 is 0 Å². The Morgan fingerprint density at radius 1 is 1.14 bits per heavy atom. The van der Waals surface area contributed by atoms with Gasteiger partial charge in [-0.15, -0.1) is 0 Å². The van der Waals surface area contributed by atoms with Crippen LogP contribution >= 0.6 is 0 Å². The van der Waals surface area contributed by atoms with E-state index in [0.29, 0.717) is 0 Å². The Bertz CT molecular complexity index is 269. The van der Waals surface area contributed by atoms with Crippen molar-refractivity contribution in [1.82, 2.24) is 0 Å². The van der Waals surface area contributed by atoms with E-state index in [1.807, 2.05) is 18.2 Å². The van der Waals surface area contributed by atoms with E-state index < -0.39 is 10.8 Å². The summed E-state index contributed by atoms with van der Waals surface area (Å²) in [5.41, 5.74) is 1.29. The summed E-state index contributed by atoms with van der Waals surface area (Å²) in [7, 11) is -0.620. The van der Waals surface area contributed by atoms with Crippen molar-refractivity contribution in [1.29, 1.82) is 0 Å². The van der Waals surface area contributed by atoms with Crippen molar-refractivity contribution in [2.45, 2.75) is 26.2 Å². The van der Waals surface area contributed by atoms with E-state index in [1.54, 1.807) is 0 Å². The van der Waals surface area contributed by atoms with Crippen molar-refractivity contribution in [2.24, 2.45) is 0 Å². The number of hydrogen-bond acceptors (Lipinski definition) is 1. The Kier molecular flexibility index (Phi) is 5.53. The maximum atomic E-state index is 11.5. The second-order valence-electron chi connectivity index (χ2n) is 3.44. The third-order valence-electron chi connectivity index (χ3n) is 2.19. The van der Waals surface area contributed by atoms with Crippen molar-refractivity contribution in [3.63, 3.8) is 0 Å². The summed E-state index contributed by atoms with van der Waals surface area (Å²) in [5, 5.41) is 0. The van der Waals surface area contributed by atoms with Crippen molar-refractivity contribution < 1.29 is 4.21 Å². The maximum absolute atomic E-state index is 11.5. The average molecular weight is 210 g/mol. The van der Waals surface area contributed by atoms with E-state index in [-0.39, 0.29) is 0 Å². The quantitative estimate of drug-likeness (QED) is 0.705. The van der Waals surface area contributed by atoms with Gasteiger partial charge in [-0.3, -0.25) is 4.21 Å². The normalized spacial score (nSPS) is 12.6. The molecule has 0 saturated carbocycles. The Morgan fingerprint density at radius 3 is 2.50 bits per heavy atom. The first kappa shape index (κ1) is 11.4. The van der Waals surface area contributed by atoms with E-state index in [9.17, 15) is 4.21 Å². The highest BCUT2D eigenvalue weighted by molar-refractivity contribution is 7.84. The fourth-order valence-corrected chi connectivity index (χ4v) is 2.56. The smallest absolute Gasteiger partial charge is 0.0275 e. The Labute approximate surface area is 89.0 Å². The minimum absolute atomic E-state index is 0.620. The van der Waals surface area contributed by atoms with Crippen LogP contribution in [0.3, 0.4) is 0 Å². The number of aryl methyl sites for hydroxylation is 1. The molecule has 1 rings (SSSR count). The van der Waals surface area contributed by atoms with Crippen molar-refractivity contribution >= 4 is 10.8 Å². The molecule has 0 N–H and O–H groups in total. The highest BCUT2D eigenvalue weighted by atomic mass is 32.2. The van der Waals surface area contributed by atoms with Crippen molar-refractivity contribution in [3.8, 4) is 0 Å². The van der Waals surface area contributed by atoms with E-state index in [4.69, 9.17) is 0 Å². The maximum Gasteiger partial charge on any atom is 0.0275 e. The van der Waals surface area contributed by atoms with Crippen LogP contribution in [0.2, 0.25) is 0 Å². The SMILES string of the molecule is CCCCS(=O)CCc1ccccc1. The zero-order chi connectivity index (χ0) is 10.2. The lowest BCUT2D eigenvalue weighted by molar-refractivity contribution is 0.679. The van der Waals surface area contributed by atoms with Gasteiger partial charge in [0.2, 0.25) is 0 Å². The average Bonchev–Trinajstić information content (AvgIpc) is 2.25. The summed E-state index contributed by atoms with van der Waals surface area (Å²) >= 11 is 0. The molecule has 0 heterocycles. The highest BCUT2D eigenvalue weighted by Gasteiger charge is 1.99. The monoisotopic (exact) mass is 210 g/mol. The van der Waals surface area contributed by atoms with Gasteiger partial charge in [-0.1, -0.05) is 43.7 Å². The van der Waals surface area contributed by atoms with Gasteiger partial charge in [0.15, 0.2) is 0 Å². The molecule has 0 spiro atoms. The first-order chi connectivity index (χ1) is 6.83. The second-order valence-corrected chi connectivity index (χ2v) is 5.13. The van der Waals surface area contributed by atoms with Crippen LogP contribution in [0.5, 0.6) is 0 Å². The number of rotatable bonds is 6. The first-order valence-corrected chi connectivity index (χ1v) is 6.70. The van der Waals surface area contributed by atoms with Gasteiger partial charge >= 0.3 is 0 Å². The van der Waals surface area contributed by atoms with Gasteiger partial charge in [0.1, 0.15) is 0 Å². The third kappa shape index (κ3) is 4.56. The Morgan fingerprint density at radius 2 is 1.86 bits per heavy atom. The third-order valence-corrected chi connectivity index (χ3v) is 3.59. The molecule has 0 aromatic heterocycles. The summed E-state index contributed by atoms with van der Waals surface area (Å²) < 4.78 is 11.5. The molecular weight excluding hydrogens is 192 g/mol. The molecule has 1 aromatic rings. The molecule has 0 aliphatic heterocycles. The summed E-state index contributed by atoms with van der Waals surface area (Å²) in [6, 6.07) is 10.3. The lowest BCUT2D eigenvalue weighted by Gasteiger charge is -2.01. The molecule has 14 heavy (non-hydrogen) atoms. The van der Waals surface area contributed by atoms with Gasteiger partial charge in [0.05, 0.1) is 0 Å². The zero-order valence-corrected chi connectivity index (χ0v) is 9.56. The fraction of sp³-hybridized carbons (Fsp3) is 0.500. The van der Waals surface area contributed by atoms with E-state index >= 15 is 0 Å². The number of benzene rings is 1. The molecule has 0 aliphatic rings. The molecule has 1 aromatic carbocycles. The molecule has 0 amide bonds. The molecule has 78 valence electrons. The lowest BCUT2D eigenvalue weighted by Crippen LogP contribution is -2.04. The van der Waals surface area contributed by atoms with Crippen molar-refractivity contribution in [2.75, 3.05) is 11.5 Å². The van der Waals surface area contributed by atoms with Gasteiger partial charge in [-0.2, -0.15) is 0 Å². The van der Waals surface area contributed by atoms with Gasteiger partial charge in [-0.25, -0.2) is 0 Å². The van der Waals surface area contributed by atoms with E-state index in [0.717, 1.165) is 30.8 Å². The molecule has 1 nitrogen and oxygen atoms in total. The van der Waals surface area contributed by atoms with Crippen LogP contribution in [0.25, 0.3) is 0 Å². The van der Waals surface area contributed by atoms with Gasteiger partial charge in [0.25, 0.3) is 0 Å². The summed E-state index contributed by atoms with van der Waals surface area (Å²) in [6.45, 7) is 2.13. The van der Waals surface area contributed by atoms with Gasteiger partial charge < -0.3 is 0 Å². The van der Waals surface area contributed by atoms with Crippen LogP contribution in [0.1, 0.15) is 25.3 Å². The van der Waals surface area contributed by atoms with Crippen LogP contribution in [-0.2, 0) is 17.2 Å². The summed E-state index contributed by atoms with van der Waals surface area (Å²) in [4.78, 5) is 0. The summed E-state index contributed by atoms with van der Waals surface area (Å²) in [5.74, 6) is 1.67. The van der Waals surface area contributed by atoms with Gasteiger partial charge in [0, 0.05) is 22.3 Å². The molecule has 0 radical (unpaired) electrons. The summed E-state index contributed by atoms with van der Waals surface area (Å²) in [6.07, 6.45) is 3.16. The van der Waals surface area contributed by atoms with E-state index in [1.165, 1.54) is 5.56 Å². The predicted molar refractivity (Wildman–Crippen MR) is 62.9 cm³/mol. The minimum Gasteiger partial charge on any atom is -0.260 e. The Hall–Kier alpha value is -0.630. The number of unbranched alkanes of at least 4 members (excludes halogenated alkanes) is 1. The molecule has 1 unspecified atom stereocenters. The topological polar surface area (TPSA) is 17.1 Å². The zero-order valence-electron chi connectivity index (χ0n) is 8.74.